The number of rotatable bonds is 7. The van der Waals surface area contributed by atoms with Crippen LogP contribution in [0.15, 0.2) is 82.2 Å². The highest BCUT2D eigenvalue weighted by Crippen LogP contribution is 2.25. The van der Waals surface area contributed by atoms with Crippen LogP contribution in [0.25, 0.3) is 0 Å². The van der Waals surface area contributed by atoms with Gasteiger partial charge in [-0.05, 0) is 78.6 Å². The van der Waals surface area contributed by atoms with Crippen LogP contribution in [0.2, 0.25) is 0 Å². The monoisotopic (exact) mass is 530 g/mol. The van der Waals surface area contributed by atoms with E-state index in [1.165, 1.54) is 17.7 Å². The third kappa shape index (κ3) is 6.82. The van der Waals surface area contributed by atoms with Gasteiger partial charge in [0, 0.05) is 15.8 Å². The highest BCUT2D eigenvalue weighted by atomic mass is 79.9. The number of hydrogen-bond acceptors (Lipinski definition) is 4. The summed E-state index contributed by atoms with van der Waals surface area (Å²) in [6.45, 7) is 8.05. The first-order chi connectivity index (χ1) is 15.4. The fraction of sp³-hybridized carbons (Fsp3) is 0.240. The molecule has 0 saturated heterocycles. The third-order valence-electron chi connectivity index (χ3n) is 4.93. The van der Waals surface area contributed by atoms with Crippen LogP contribution in [0.3, 0.4) is 0 Å². The molecule has 3 aromatic rings. The van der Waals surface area contributed by atoms with Crippen molar-refractivity contribution >= 4 is 43.2 Å². The van der Waals surface area contributed by atoms with Gasteiger partial charge in [0.2, 0.25) is 0 Å². The summed E-state index contributed by atoms with van der Waals surface area (Å²) in [6, 6.07) is 20.5. The maximum absolute atomic E-state index is 12.6. The number of halogens is 1. The first-order valence-corrected chi connectivity index (χ1v) is 12.7. The molecule has 8 heteroatoms. The van der Waals surface area contributed by atoms with Gasteiger partial charge in [0.05, 0.1) is 4.90 Å². The summed E-state index contributed by atoms with van der Waals surface area (Å²) in [4.78, 5) is 12.6. The van der Waals surface area contributed by atoms with Crippen LogP contribution in [-0.2, 0) is 20.2 Å². The Morgan fingerprint density at radius 1 is 0.879 bits per heavy atom. The van der Waals surface area contributed by atoms with Crippen molar-refractivity contribution in [3.05, 3.63) is 82.8 Å². The van der Waals surface area contributed by atoms with E-state index in [0.717, 1.165) is 4.47 Å². The standard InChI is InChI=1S/C25H27BrN2O4S/c1-17(32-22-13-5-18(6-14-22)25(2,3)4)24(29)27-20-11-15-23(16-12-20)33(30,31)28-21-9-7-19(26)8-10-21/h5-17,28H,1-4H3,(H,27,29)/t17-/m1/s1. The Morgan fingerprint density at radius 3 is 1.97 bits per heavy atom. The number of nitrogens with one attached hydrogen (secondary N) is 2. The molecule has 3 rings (SSSR count). The molecule has 0 aliphatic carbocycles. The molecule has 3 aromatic carbocycles. The maximum Gasteiger partial charge on any atom is 0.265 e. The molecule has 0 aliphatic heterocycles. The first kappa shape index (κ1) is 24.8. The molecule has 2 N–H and O–H groups in total. The highest BCUT2D eigenvalue weighted by molar-refractivity contribution is 9.10. The summed E-state index contributed by atoms with van der Waals surface area (Å²) in [5, 5.41) is 2.75. The molecule has 6 nitrogen and oxygen atoms in total. The largest absolute Gasteiger partial charge is 0.481 e. The molecule has 0 fully saturated rings. The van der Waals surface area contributed by atoms with Gasteiger partial charge in [-0.15, -0.1) is 0 Å². The van der Waals surface area contributed by atoms with Crippen molar-refractivity contribution in [2.45, 2.75) is 44.1 Å². The number of hydrogen-bond donors (Lipinski definition) is 2. The van der Waals surface area contributed by atoms with Crippen molar-refractivity contribution in [2.75, 3.05) is 10.0 Å². The number of amides is 1. The molecular weight excluding hydrogens is 504 g/mol. The Balaban J connectivity index is 1.60. The highest BCUT2D eigenvalue weighted by Gasteiger charge is 2.18. The first-order valence-electron chi connectivity index (χ1n) is 10.4. The number of carbonyl (C=O) groups is 1. The minimum absolute atomic E-state index is 0.0366. The lowest BCUT2D eigenvalue weighted by molar-refractivity contribution is -0.122. The van der Waals surface area contributed by atoms with Gasteiger partial charge in [0.15, 0.2) is 6.10 Å². The molecule has 0 saturated carbocycles. The zero-order valence-corrected chi connectivity index (χ0v) is 21.3. The van der Waals surface area contributed by atoms with Crippen LogP contribution in [0.5, 0.6) is 5.75 Å². The predicted molar refractivity (Wildman–Crippen MR) is 135 cm³/mol. The van der Waals surface area contributed by atoms with Gasteiger partial charge >= 0.3 is 0 Å². The molecule has 0 heterocycles. The lowest BCUT2D eigenvalue weighted by Gasteiger charge is -2.20. The molecule has 1 atom stereocenters. The van der Waals surface area contributed by atoms with Gasteiger partial charge in [-0.3, -0.25) is 9.52 Å². The van der Waals surface area contributed by atoms with E-state index >= 15 is 0 Å². The number of benzene rings is 3. The lowest BCUT2D eigenvalue weighted by atomic mass is 9.87. The topological polar surface area (TPSA) is 84.5 Å². The summed E-state index contributed by atoms with van der Waals surface area (Å²) in [5.74, 6) is 0.268. The van der Waals surface area contributed by atoms with E-state index in [2.05, 4.69) is 46.7 Å². The molecule has 1 amide bonds. The molecule has 0 aromatic heterocycles. The van der Waals surface area contributed by atoms with E-state index in [-0.39, 0.29) is 16.2 Å². The number of ether oxygens (including phenoxy) is 1. The summed E-state index contributed by atoms with van der Waals surface area (Å²) in [7, 11) is -3.75. The number of anilines is 2. The molecule has 33 heavy (non-hydrogen) atoms. The maximum atomic E-state index is 12.6. The Bertz CT molecular complexity index is 1200. The predicted octanol–water partition coefficient (Wildman–Crippen LogP) is 5.95. The van der Waals surface area contributed by atoms with Gasteiger partial charge < -0.3 is 10.1 Å². The fourth-order valence-electron chi connectivity index (χ4n) is 2.98. The second-order valence-corrected chi connectivity index (χ2v) is 11.3. The van der Waals surface area contributed by atoms with Crippen molar-refractivity contribution in [3.8, 4) is 5.75 Å². The van der Waals surface area contributed by atoms with Crippen LogP contribution >= 0.6 is 15.9 Å². The zero-order valence-electron chi connectivity index (χ0n) is 18.9. The van der Waals surface area contributed by atoms with Gasteiger partial charge in [0.1, 0.15) is 5.75 Å². The van der Waals surface area contributed by atoms with Crippen LogP contribution in [-0.4, -0.2) is 20.4 Å². The van der Waals surface area contributed by atoms with Crippen molar-refractivity contribution in [1.82, 2.24) is 0 Å². The molecule has 0 radical (unpaired) electrons. The molecule has 0 unspecified atom stereocenters. The second-order valence-electron chi connectivity index (χ2n) is 8.66. The van der Waals surface area contributed by atoms with Crippen LogP contribution < -0.4 is 14.8 Å². The quantitative estimate of drug-likeness (QED) is 0.395. The van der Waals surface area contributed by atoms with Crippen molar-refractivity contribution in [1.29, 1.82) is 0 Å². The average molecular weight is 531 g/mol. The van der Waals surface area contributed by atoms with Gasteiger partial charge in [0.25, 0.3) is 15.9 Å². The smallest absolute Gasteiger partial charge is 0.265 e. The molecule has 0 bridgehead atoms. The Morgan fingerprint density at radius 2 is 1.42 bits per heavy atom. The Labute approximate surface area is 203 Å². The van der Waals surface area contributed by atoms with Crippen LogP contribution in [0.1, 0.15) is 33.3 Å². The molecule has 0 aliphatic rings. The van der Waals surface area contributed by atoms with E-state index < -0.39 is 16.1 Å². The minimum atomic E-state index is -3.75. The SMILES string of the molecule is C[C@@H](Oc1ccc(C(C)(C)C)cc1)C(=O)Nc1ccc(S(=O)(=O)Nc2ccc(Br)cc2)cc1. The van der Waals surface area contributed by atoms with E-state index in [1.54, 1.807) is 43.3 Å². The summed E-state index contributed by atoms with van der Waals surface area (Å²) in [5.41, 5.74) is 2.14. The van der Waals surface area contributed by atoms with Crippen molar-refractivity contribution < 1.29 is 17.9 Å². The van der Waals surface area contributed by atoms with Gasteiger partial charge in [-0.1, -0.05) is 48.8 Å². The minimum Gasteiger partial charge on any atom is -0.481 e. The fourth-order valence-corrected chi connectivity index (χ4v) is 4.31. The normalized spacial score (nSPS) is 12.6. The Hall–Kier alpha value is -2.84. The number of carbonyl (C=O) groups excluding carboxylic acids is 1. The summed E-state index contributed by atoms with van der Waals surface area (Å²) in [6.07, 6.45) is -0.729. The van der Waals surface area contributed by atoms with Crippen LogP contribution in [0, 0.1) is 0 Å². The molecule has 0 spiro atoms. The third-order valence-corrected chi connectivity index (χ3v) is 6.86. The van der Waals surface area contributed by atoms with Gasteiger partial charge in [-0.25, -0.2) is 8.42 Å². The molecule has 174 valence electrons. The van der Waals surface area contributed by atoms with E-state index in [9.17, 15) is 13.2 Å². The van der Waals surface area contributed by atoms with Gasteiger partial charge in [-0.2, -0.15) is 0 Å². The summed E-state index contributed by atoms with van der Waals surface area (Å²) >= 11 is 3.32. The average Bonchev–Trinajstić information content (AvgIpc) is 2.75. The van der Waals surface area contributed by atoms with E-state index in [0.29, 0.717) is 17.1 Å². The molecular formula is C25H27BrN2O4S. The second kappa shape index (κ2) is 9.97. The van der Waals surface area contributed by atoms with Crippen molar-refractivity contribution in [2.24, 2.45) is 0 Å². The lowest BCUT2D eigenvalue weighted by Crippen LogP contribution is -2.30. The van der Waals surface area contributed by atoms with Crippen LogP contribution in [0.4, 0.5) is 11.4 Å². The zero-order chi connectivity index (χ0) is 24.2. The van der Waals surface area contributed by atoms with E-state index in [4.69, 9.17) is 4.74 Å². The Kier molecular flexibility index (Phi) is 7.49. The van der Waals surface area contributed by atoms with E-state index in [1.807, 2.05) is 24.3 Å². The summed E-state index contributed by atoms with van der Waals surface area (Å²) < 4.78 is 34.3. The van der Waals surface area contributed by atoms with Crippen molar-refractivity contribution in [3.63, 3.8) is 0 Å². The number of sulfonamides is 1.